The summed E-state index contributed by atoms with van der Waals surface area (Å²) in [7, 11) is 0. The molecule has 7 heteroatoms. The molecule has 5 rings (SSSR count). The third-order valence-electron chi connectivity index (χ3n) is 5.74. The second-order valence-electron chi connectivity index (χ2n) is 8.13. The molecule has 0 radical (unpaired) electrons. The largest absolute Gasteiger partial charge is 0.324 e. The predicted octanol–water partition coefficient (Wildman–Crippen LogP) is 4.12. The molecule has 0 fully saturated rings. The minimum Gasteiger partial charge on any atom is -0.324 e. The van der Waals surface area contributed by atoms with Gasteiger partial charge in [0.1, 0.15) is 18.3 Å². The molecule has 0 spiro atoms. The summed E-state index contributed by atoms with van der Waals surface area (Å²) in [5, 5.41) is 7.68. The number of aryl methyl sites for hydroxylation is 1. The quantitative estimate of drug-likeness (QED) is 0.423. The summed E-state index contributed by atoms with van der Waals surface area (Å²) in [6.07, 6.45) is 3.60. The lowest BCUT2D eigenvalue weighted by Gasteiger charge is -2.12. The molecule has 0 unspecified atom stereocenters. The van der Waals surface area contributed by atoms with Gasteiger partial charge in [-0.25, -0.2) is 9.67 Å². The van der Waals surface area contributed by atoms with Gasteiger partial charge in [-0.15, -0.1) is 0 Å². The SMILES string of the molecule is Cc1ccccc1-n1ncc2c(=O)n(CC(=O)Nc3ccccc3Cc3ccccc3)cnc21. The molecule has 5 aromatic rings. The minimum absolute atomic E-state index is 0.142. The highest BCUT2D eigenvalue weighted by molar-refractivity contribution is 5.91. The maximum Gasteiger partial charge on any atom is 0.264 e. The fourth-order valence-corrected chi connectivity index (χ4v) is 4.00. The number of carbonyl (C=O) groups excluding carboxylic acids is 1. The van der Waals surface area contributed by atoms with Crippen molar-refractivity contribution in [3.05, 3.63) is 118 Å². The van der Waals surface area contributed by atoms with E-state index in [0.717, 1.165) is 28.1 Å². The van der Waals surface area contributed by atoms with Gasteiger partial charge in [0.05, 0.1) is 11.9 Å². The second-order valence-corrected chi connectivity index (χ2v) is 8.13. The van der Waals surface area contributed by atoms with Gasteiger partial charge in [-0.2, -0.15) is 5.10 Å². The Kier molecular flexibility index (Phi) is 5.74. The second kappa shape index (κ2) is 9.15. The number of benzene rings is 3. The van der Waals surface area contributed by atoms with Gasteiger partial charge >= 0.3 is 0 Å². The van der Waals surface area contributed by atoms with Crippen molar-refractivity contribution in [2.75, 3.05) is 5.32 Å². The molecule has 0 bridgehead atoms. The number of nitrogens with one attached hydrogen (secondary N) is 1. The van der Waals surface area contributed by atoms with Gasteiger partial charge in [0, 0.05) is 5.69 Å². The first kappa shape index (κ1) is 21.3. The summed E-state index contributed by atoms with van der Waals surface area (Å²) in [5.74, 6) is -0.296. The van der Waals surface area contributed by atoms with Crippen LogP contribution in [0.2, 0.25) is 0 Å². The zero-order valence-electron chi connectivity index (χ0n) is 18.7. The van der Waals surface area contributed by atoms with E-state index in [1.807, 2.05) is 73.7 Å². The van der Waals surface area contributed by atoms with Crippen molar-refractivity contribution in [2.24, 2.45) is 0 Å². The van der Waals surface area contributed by atoms with Crippen molar-refractivity contribution in [1.29, 1.82) is 0 Å². The Morgan fingerprint density at radius 1 is 0.941 bits per heavy atom. The summed E-state index contributed by atoms with van der Waals surface area (Å²) < 4.78 is 2.96. The smallest absolute Gasteiger partial charge is 0.264 e. The van der Waals surface area contributed by atoms with Crippen LogP contribution in [0.1, 0.15) is 16.7 Å². The molecule has 7 nitrogen and oxygen atoms in total. The molecule has 1 amide bonds. The van der Waals surface area contributed by atoms with Crippen molar-refractivity contribution in [2.45, 2.75) is 19.9 Å². The molecular weight excluding hydrogens is 426 g/mol. The average molecular weight is 450 g/mol. The van der Waals surface area contributed by atoms with E-state index in [2.05, 4.69) is 27.5 Å². The lowest BCUT2D eigenvalue weighted by molar-refractivity contribution is -0.116. The van der Waals surface area contributed by atoms with Crippen LogP contribution in [0.5, 0.6) is 0 Å². The Labute approximate surface area is 196 Å². The summed E-state index contributed by atoms with van der Waals surface area (Å²) in [6.45, 7) is 1.83. The summed E-state index contributed by atoms with van der Waals surface area (Å²) in [4.78, 5) is 30.3. The monoisotopic (exact) mass is 449 g/mol. The average Bonchev–Trinajstić information content (AvgIpc) is 3.28. The Morgan fingerprint density at radius 3 is 2.50 bits per heavy atom. The molecular formula is C27H23N5O2. The van der Waals surface area contributed by atoms with E-state index in [4.69, 9.17) is 0 Å². The number of rotatable bonds is 6. The number of carbonyl (C=O) groups is 1. The highest BCUT2D eigenvalue weighted by Gasteiger charge is 2.15. The first-order valence-electron chi connectivity index (χ1n) is 11.0. The molecule has 2 heterocycles. The summed E-state index contributed by atoms with van der Waals surface area (Å²) in [5.41, 5.74) is 4.91. The Hall–Kier alpha value is -4.52. The highest BCUT2D eigenvalue weighted by Crippen LogP contribution is 2.20. The van der Waals surface area contributed by atoms with Gasteiger partial charge in [-0.3, -0.25) is 14.2 Å². The number of nitrogens with zero attached hydrogens (tertiary/aromatic N) is 4. The third-order valence-corrected chi connectivity index (χ3v) is 5.74. The molecule has 0 aliphatic heterocycles. The predicted molar refractivity (Wildman–Crippen MR) is 132 cm³/mol. The van der Waals surface area contributed by atoms with E-state index in [9.17, 15) is 9.59 Å². The zero-order chi connectivity index (χ0) is 23.5. The van der Waals surface area contributed by atoms with Gasteiger partial charge in [-0.1, -0.05) is 66.7 Å². The highest BCUT2D eigenvalue weighted by atomic mass is 16.2. The van der Waals surface area contributed by atoms with Crippen molar-refractivity contribution in [3.63, 3.8) is 0 Å². The fraction of sp³-hybridized carbons (Fsp3) is 0.111. The number of amides is 1. The van der Waals surface area contributed by atoms with Crippen molar-refractivity contribution >= 4 is 22.6 Å². The Bertz CT molecular complexity index is 1540. The first-order chi connectivity index (χ1) is 16.6. The van der Waals surface area contributed by atoms with E-state index in [0.29, 0.717) is 17.5 Å². The Balaban J connectivity index is 1.37. The van der Waals surface area contributed by atoms with E-state index in [1.54, 1.807) is 4.68 Å². The lowest BCUT2D eigenvalue weighted by Crippen LogP contribution is -2.28. The van der Waals surface area contributed by atoms with Crippen LogP contribution in [0.4, 0.5) is 5.69 Å². The normalized spacial score (nSPS) is 11.0. The number of anilines is 1. The maximum atomic E-state index is 13.0. The number of aromatic nitrogens is 4. The van der Waals surface area contributed by atoms with Gasteiger partial charge in [0.2, 0.25) is 5.91 Å². The third kappa shape index (κ3) is 4.23. The lowest BCUT2D eigenvalue weighted by atomic mass is 10.0. The van der Waals surface area contributed by atoms with Crippen LogP contribution < -0.4 is 10.9 Å². The van der Waals surface area contributed by atoms with Gasteiger partial charge < -0.3 is 5.32 Å². The molecule has 34 heavy (non-hydrogen) atoms. The first-order valence-corrected chi connectivity index (χ1v) is 11.0. The van der Waals surface area contributed by atoms with Crippen LogP contribution in [0.25, 0.3) is 16.7 Å². The van der Waals surface area contributed by atoms with E-state index in [-0.39, 0.29) is 18.0 Å². The number of para-hydroxylation sites is 2. The number of hydrogen-bond acceptors (Lipinski definition) is 4. The minimum atomic E-state index is -0.308. The molecule has 1 N–H and O–H groups in total. The van der Waals surface area contributed by atoms with Gasteiger partial charge in [-0.05, 0) is 42.2 Å². The molecule has 0 saturated carbocycles. The van der Waals surface area contributed by atoms with Crippen LogP contribution >= 0.6 is 0 Å². The summed E-state index contributed by atoms with van der Waals surface area (Å²) in [6, 6.07) is 25.5. The van der Waals surface area contributed by atoms with Crippen LogP contribution in [-0.4, -0.2) is 25.2 Å². The molecule has 0 atom stereocenters. The Morgan fingerprint density at radius 2 is 1.68 bits per heavy atom. The van der Waals surface area contributed by atoms with E-state index in [1.165, 1.54) is 17.1 Å². The fourth-order valence-electron chi connectivity index (χ4n) is 4.00. The molecule has 2 aromatic heterocycles. The van der Waals surface area contributed by atoms with Crippen molar-refractivity contribution in [1.82, 2.24) is 19.3 Å². The topological polar surface area (TPSA) is 81.8 Å². The van der Waals surface area contributed by atoms with Crippen LogP contribution in [0.3, 0.4) is 0 Å². The summed E-state index contributed by atoms with van der Waals surface area (Å²) >= 11 is 0. The standard InChI is InChI=1S/C27H23N5O2/c1-19-9-5-8-14-24(19)32-26-22(16-29-32)27(34)31(18-28-26)17-25(33)30-23-13-7-6-12-21(23)15-20-10-3-2-4-11-20/h2-14,16,18H,15,17H2,1H3,(H,30,33). The zero-order valence-corrected chi connectivity index (χ0v) is 18.7. The van der Waals surface area contributed by atoms with Crippen molar-refractivity contribution in [3.8, 4) is 5.69 Å². The van der Waals surface area contributed by atoms with E-state index < -0.39 is 0 Å². The number of fused-ring (bicyclic) bond motifs is 1. The molecule has 0 aliphatic rings. The van der Waals surface area contributed by atoms with Crippen LogP contribution in [-0.2, 0) is 17.8 Å². The van der Waals surface area contributed by atoms with Gasteiger partial charge in [0.15, 0.2) is 5.65 Å². The maximum absolute atomic E-state index is 13.0. The molecule has 3 aromatic carbocycles. The molecule has 168 valence electrons. The number of hydrogen-bond donors (Lipinski definition) is 1. The van der Waals surface area contributed by atoms with E-state index >= 15 is 0 Å². The van der Waals surface area contributed by atoms with Gasteiger partial charge in [0.25, 0.3) is 5.56 Å². The van der Waals surface area contributed by atoms with Crippen LogP contribution in [0.15, 0.2) is 96.2 Å². The molecule has 0 saturated heterocycles. The van der Waals surface area contributed by atoms with Crippen LogP contribution in [0, 0.1) is 6.92 Å². The molecule has 0 aliphatic carbocycles. The van der Waals surface area contributed by atoms with Crippen molar-refractivity contribution < 1.29 is 4.79 Å².